The summed E-state index contributed by atoms with van der Waals surface area (Å²) in [5.41, 5.74) is 6.80. The van der Waals surface area contributed by atoms with E-state index < -0.39 is 0 Å². The average molecular weight is 337 g/mol. The lowest BCUT2D eigenvalue weighted by Crippen LogP contribution is -2.10. The van der Waals surface area contributed by atoms with Crippen molar-refractivity contribution in [1.29, 1.82) is 0 Å². The second-order valence-corrected chi connectivity index (χ2v) is 5.19. The van der Waals surface area contributed by atoms with E-state index in [0.717, 1.165) is 22.3 Å². The maximum Gasteiger partial charge on any atom is 0.145 e. The molecule has 1 aromatic carbocycles. The van der Waals surface area contributed by atoms with E-state index >= 15 is 0 Å². The molecule has 0 saturated carbocycles. The Morgan fingerprint density at radius 1 is 1.25 bits per heavy atom. The summed E-state index contributed by atoms with van der Waals surface area (Å²) in [7, 11) is 1.63. The Kier molecular flexibility index (Phi) is 4.98. The highest BCUT2D eigenvalue weighted by atomic mass is 79.9. The molecule has 20 heavy (non-hydrogen) atoms. The molecule has 5 heteroatoms. The predicted molar refractivity (Wildman–Crippen MR) is 82.2 cm³/mol. The molecule has 0 bridgehead atoms. The first kappa shape index (κ1) is 14.8. The van der Waals surface area contributed by atoms with Crippen LogP contribution >= 0.6 is 15.9 Å². The number of rotatable bonds is 5. The number of aromatic nitrogens is 1. The van der Waals surface area contributed by atoms with Crippen molar-refractivity contribution in [3.8, 4) is 17.2 Å². The van der Waals surface area contributed by atoms with Gasteiger partial charge >= 0.3 is 0 Å². The van der Waals surface area contributed by atoms with Gasteiger partial charge in [0.2, 0.25) is 0 Å². The van der Waals surface area contributed by atoms with Gasteiger partial charge in [0.25, 0.3) is 0 Å². The summed E-state index contributed by atoms with van der Waals surface area (Å²) in [4.78, 5) is 4.32. The summed E-state index contributed by atoms with van der Waals surface area (Å²) in [5.74, 6) is 2.15. The molecular weight excluding hydrogens is 320 g/mol. The number of pyridine rings is 1. The van der Waals surface area contributed by atoms with Crippen LogP contribution in [-0.2, 0) is 0 Å². The van der Waals surface area contributed by atoms with Crippen LogP contribution in [0.25, 0.3) is 0 Å². The van der Waals surface area contributed by atoms with Crippen LogP contribution < -0.4 is 15.2 Å². The normalized spacial score (nSPS) is 12.0. The zero-order valence-corrected chi connectivity index (χ0v) is 13.1. The molecule has 106 valence electrons. The van der Waals surface area contributed by atoms with E-state index in [1.807, 2.05) is 37.3 Å². The van der Waals surface area contributed by atoms with Crippen molar-refractivity contribution in [2.45, 2.75) is 19.4 Å². The molecule has 2 N–H and O–H groups in total. The van der Waals surface area contributed by atoms with Crippen LogP contribution in [0.2, 0.25) is 0 Å². The minimum atomic E-state index is -0.0308. The smallest absolute Gasteiger partial charge is 0.145 e. The number of hydrogen-bond acceptors (Lipinski definition) is 4. The van der Waals surface area contributed by atoms with E-state index in [0.29, 0.717) is 11.5 Å². The van der Waals surface area contributed by atoms with Gasteiger partial charge in [0.15, 0.2) is 0 Å². The molecule has 4 nitrogen and oxygen atoms in total. The number of halogens is 1. The van der Waals surface area contributed by atoms with Crippen LogP contribution in [0.1, 0.15) is 25.1 Å². The molecule has 1 aromatic heterocycles. The minimum Gasteiger partial charge on any atom is -0.497 e. The Morgan fingerprint density at radius 2 is 2.00 bits per heavy atom. The topological polar surface area (TPSA) is 57.4 Å². The van der Waals surface area contributed by atoms with Gasteiger partial charge in [-0.3, -0.25) is 4.98 Å². The van der Waals surface area contributed by atoms with Crippen molar-refractivity contribution in [3.63, 3.8) is 0 Å². The summed E-state index contributed by atoms with van der Waals surface area (Å²) in [6, 6.07) is 9.26. The first-order chi connectivity index (χ1) is 9.63. The highest BCUT2D eigenvalue weighted by Crippen LogP contribution is 2.32. The number of benzene rings is 1. The van der Waals surface area contributed by atoms with Gasteiger partial charge in [-0.2, -0.15) is 0 Å². The van der Waals surface area contributed by atoms with Gasteiger partial charge in [0.05, 0.1) is 23.5 Å². The molecule has 1 heterocycles. The van der Waals surface area contributed by atoms with Crippen molar-refractivity contribution in [1.82, 2.24) is 4.98 Å². The lowest BCUT2D eigenvalue weighted by atomic mass is 10.1. The third-order valence-electron chi connectivity index (χ3n) is 2.95. The second-order valence-electron chi connectivity index (χ2n) is 4.33. The number of ether oxygens (including phenoxy) is 2. The molecule has 0 amide bonds. The molecule has 2 aromatic rings. The third kappa shape index (κ3) is 3.49. The van der Waals surface area contributed by atoms with Crippen LogP contribution in [0.3, 0.4) is 0 Å². The fourth-order valence-electron chi connectivity index (χ4n) is 1.70. The van der Waals surface area contributed by atoms with Gasteiger partial charge in [0, 0.05) is 6.04 Å². The van der Waals surface area contributed by atoms with Crippen LogP contribution in [-0.4, -0.2) is 12.1 Å². The number of methoxy groups -OCH3 is 1. The van der Waals surface area contributed by atoms with Gasteiger partial charge in [-0.1, -0.05) is 6.92 Å². The quantitative estimate of drug-likeness (QED) is 0.894. The third-order valence-corrected chi connectivity index (χ3v) is 3.57. The Morgan fingerprint density at radius 3 is 2.55 bits per heavy atom. The number of hydrogen-bond donors (Lipinski definition) is 1. The van der Waals surface area contributed by atoms with Crippen molar-refractivity contribution in [2.24, 2.45) is 5.73 Å². The highest BCUT2D eigenvalue weighted by Gasteiger charge is 2.07. The van der Waals surface area contributed by atoms with Crippen molar-refractivity contribution < 1.29 is 9.47 Å². The Labute approximate surface area is 127 Å². The summed E-state index contributed by atoms with van der Waals surface area (Å²) in [6.45, 7) is 2.03. The van der Waals surface area contributed by atoms with Crippen LogP contribution in [0.15, 0.2) is 41.0 Å². The lowest BCUT2D eigenvalue weighted by molar-refractivity contribution is 0.412. The summed E-state index contributed by atoms with van der Waals surface area (Å²) >= 11 is 3.45. The summed E-state index contributed by atoms with van der Waals surface area (Å²) in [5, 5.41) is 0. The van der Waals surface area contributed by atoms with E-state index in [9.17, 15) is 0 Å². The van der Waals surface area contributed by atoms with Crippen LogP contribution in [0.4, 0.5) is 0 Å². The Balaban J connectivity index is 2.14. The maximum absolute atomic E-state index is 5.93. The first-order valence-corrected chi connectivity index (χ1v) is 7.16. The molecule has 1 unspecified atom stereocenters. The predicted octanol–water partition coefficient (Wildman–Crippen LogP) is 4.05. The largest absolute Gasteiger partial charge is 0.497 e. The first-order valence-electron chi connectivity index (χ1n) is 6.37. The molecule has 2 rings (SSSR count). The molecule has 0 aliphatic rings. The van der Waals surface area contributed by atoms with Crippen LogP contribution in [0, 0.1) is 0 Å². The second kappa shape index (κ2) is 6.72. The minimum absolute atomic E-state index is 0.0308. The Bertz CT molecular complexity index is 573. The zero-order chi connectivity index (χ0) is 14.5. The molecular formula is C15H17BrN2O2. The fourth-order valence-corrected chi connectivity index (χ4v) is 2.14. The van der Waals surface area contributed by atoms with E-state index in [2.05, 4.69) is 20.9 Å². The van der Waals surface area contributed by atoms with Gasteiger partial charge < -0.3 is 15.2 Å². The molecule has 0 fully saturated rings. The fraction of sp³-hybridized carbons (Fsp3) is 0.267. The van der Waals surface area contributed by atoms with E-state index in [1.165, 1.54) is 0 Å². The standard InChI is InChI=1S/C15H17BrN2O2/c1-3-13(17)14-6-4-11(9-18-14)20-15-7-5-10(19-2)8-12(15)16/h4-9,13H,3,17H2,1-2H3. The van der Waals surface area contributed by atoms with Crippen molar-refractivity contribution in [2.75, 3.05) is 7.11 Å². The van der Waals surface area contributed by atoms with Gasteiger partial charge in [-0.05, 0) is 52.7 Å². The monoisotopic (exact) mass is 336 g/mol. The molecule has 0 radical (unpaired) electrons. The maximum atomic E-state index is 5.93. The molecule has 0 saturated heterocycles. The average Bonchev–Trinajstić information content (AvgIpc) is 2.49. The summed E-state index contributed by atoms with van der Waals surface area (Å²) in [6.07, 6.45) is 2.54. The van der Waals surface area contributed by atoms with Crippen LogP contribution in [0.5, 0.6) is 17.2 Å². The molecule has 0 aliphatic heterocycles. The SMILES string of the molecule is CCC(N)c1ccc(Oc2ccc(OC)cc2Br)cn1. The lowest BCUT2D eigenvalue weighted by Gasteiger charge is -2.11. The van der Waals surface area contributed by atoms with Crippen molar-refractivity contribution >= 4 is 15.9 Å². The van der Waals surface area contributed by atoms with E-state index in [1.54, 1.807) is 13.3 Å². The molecule has 0 spiro atoms. The summed E-state index contributed by atoms with van der Waals surface area (Å²) < 4.78 is 11.7. The highest BCUT2D eigenvalue weighted by molar-refractivity contribution is 9.10. The van der Waals surface area contributed by atoms with Gasteiger partial charge in [0.1, 0.15) is 17.2 Å². The molecule has 1 atom stereocenters. The zero-order valence-electron chi connectivity index (χ0n) is 11.5. The number of nitrogens with zero attached hydrogens (tertiary/aromatic N) is 1. The van der Waals surface area contributed by atoms with Crippen molar-refractivity contribution in [3.05, 3.63) is 46.7 Å². The van der Waals surface area contributed by atoms with E-state index in [4.69, 9.17) is 15.2 Å². The van der Waals surface area contributed by atoms with Gasteiger partial charge in [-0.15, -0.1) is 0 Å². The Hall–Kier alpha value is -1.59. The van der Waals surface area contributed by atoms with E-state index in [-0.39, 0.29) is 6.04 Å². The number of nitrogens with two attached hydrogens (primary N) is 1. The molecule has 0 aliphatic carbocycles. The van der Waals surface area contributed by atoms with Gasteiger partial charge in [-0.25, -0.2) is 0 Å².